The van der Waals surface area contributed by atoms with E-state index in [0.29, 0.717) is 9.37 Å². The Kier molecular flexibility index (Phi) is 7.58. The third-order valence-corrected chi connectivity index (χ3v) is 5.07. The third-order valence-electron chi connectivity index (χ3n) is 3.06. The van der Waals surface area contributed by atoms with E-state index in [1.165, 1.54) is 6.07 Å². The van der Waals surface area contributed by atoms with Gasteiger partial charge < -0.3 is 0 Å². The molecule has 22 heavy (non-hydrogen) atoms. The van der Waals surface area contributed by atoms with Gasteiger partial charge in [0, 0.05) is 20.2 Å². The molecule has 5 nitrogen and oxygen atoms in total. The minimum Gasteiger partial charge on any atom is -0.287 e. The highest BCUT2D eigenvalue weighted by atomic mass is 79.9. The van der Waals surface area contributed by atoms with Crippen molar-refractivity contribution in [3.05, 3.63) is 38.4 Å². The number of amides is 1. The highest BCUT2D eigenvalue weighted by molar-refractivity contribution is 9.10. The maximum atomic E-state index is 13.8. The van der Waals surface area contributed by atoms with Crippen LogP contribution in [0.2, 0.25) is 0 Å². The number of halogens is 2. The summed E-state index contributed by atoms with van der Waals surface area (Å²) in [4.78, 5) is 26.6. The van der Waals surface area contributed by atoms with Gasteiger partial charge in [0.25, 0.3) is 5.91 Å². The van der Waals surface area contributed by atoms with Crippen LogP contribution < -0.4 is 0 Å². The maximum absolute atomic E-state index is 13.8. The zero-order valence-corrected chi connectivity index (χ0v) is 14.6. The van der Waals surface area contributed by atoms with Crippen LogP contribution in [0, 0.1) is 11.7 Å². The molecule has 1 amide bonds. The lowest BCUT2D eigenvalue weighted by atomic mass is 10.0. The van der Waals surface area contributed by atoms with E-state index in [2.05, 4.69) is 26.0 Å². The highest BCUT2D eigenvalue weighted by Crippen LogP contribution is 2.34. The first-order chi connectivity index (χ1) is 10.4. The van der Waals surface area contributed by atoms with Crippen LogP contribution in [0.5, 0.6) is 0 Å². The fourth-order valence-electron chi connectivity index (χ4n) is 1.89. The molecule has 0 heterocycles. The predicted octanol–water partition coefficient (Wildman–Crippen LogP) is 5.48. The number of azide groups is 1. The number of hydrogen-bond donors (Lipinski definition) is 0. The van der Waals surface area contributed by atoms with Gasteiger partial charge >= 0.3 is 0 Å². The van der Waals surface area contributed by atoms with Gasteiger partial charge in [-0.1, -0.05) is 32.0 Å². The van der Waals surface area contributed by atoms with E-state index in [9.17, 15) is 14.0 Å². The number of thioether (sulfide) groups is 1. The summed E-state index contributed by atoms with van der Waals surface area (Å²) >= 11 is 4.14. The number of carbonyl (C=O) groups excluding carboxylic acids is 2. The topological polar surface area (TPSA) is 82.9 Å². The molecule has 0 fully saturated rings. The quantitative estimate of drug-likeness (QED) is 0.280. The Morgan fingerprint density at radius 2 is 2.14 bits per heavy atom. The highest BCUT2D eigenvalue weighted by Gasteiger charge is 2.20. The molecule has 0 N–H and O–H groups in total. The van der Waals surface area contributed by atoms with E-state index in [1.807, 2.05) is 13.8 Å². The third kappa shape index (κ3) is 4.83. The minimum atomic E-state index is -1.01. The van der Waals surface area contributed by atoms with E-state index in [1.54, 1.807) is 0 Å². The van der Waals surface area contributed by atoms with E-state index in [0.717, 1.165) is 37.1 Å². The molecule has 0 aliphatic carbocycles. The van der Waals surface area contributed by atoms with E-state index < -0.39 is 11.7 Å². The molecule has 0 spiro atoms. The van der Waals surface area contributed by atoms with Crippen molar-refractivity contribution in [1.82, 2.24) is 0 Å². The molecule has 0 saturated heterocycles. The minimum absolute atomic E-state index is 0.0289. The average molecular weight is 388 g/mol. The van der Waals surface area contributed by atoms with Crippen molar-refractivity contribution in [3.8, 4) is 0 Å². The molecule has 0 radical (unpaired) electrons. The van der Waals surface area contributed by atoms with Crippen molar-refractivity contribution in [3.63, 3.8) is 0 Å². The Hall–Kier alpha value is -1.37. The molecule has 0 aliphatic heterocycles. The Morgan fingerprint density at radius 1 is 1.45 bits per heavy atom. The molecule has 1 aromatic rings. The average Bonchev–Trinajstić information content (AvgIpc) is 2.47. The Morgan fingerprint density at radius 3 is 2.68 bits per heavy atom. The summed E-state index contributed by atoms with van der Waals surface area (Å²) in [7, 11) is 0. The number of benzene rings is 1. The largest absolute Gasteiger partial charge is 0.287 e. The van der Waals surface area contributed by atoms with Gasteiger partial charge in [0.1, 0.15) is 5.82 Å². The molecular formula is C14H15BrFN3O2S. The zero-order chi connectivity index (χ0) is 16.7. The van der Waals surface area contributed by atoms with Crippen molar-refractivity contribution in [2.75, 3.05) is 0 Å². The molecule has 0 saturated carbocycles. The van der Waals surface area contributed by atoms with Crippen LogP contribution >= 0.6 is 27.7 Å². The van der Waals surface area contributed by atoms with Crippen molar-refractivity contribution < 1.29 is 14.0 Å². The lowest BCUT2D eigenvalue weighted by Gasteiger charge is -2.13. The molecule has 8 heteroatoms. The lowest BCUT2D eigenvalue weighted by molar-refractivity contribution is -0.114. The predicted molar refractivity (Wildman–Crippen MR) is 87.1 cm³/mol. The van der Waals surface area contributed by atoms with E-state index in [4.69, 9.17) is 5.53 Å². The molecular weight excluding hydrogens is 373 g/mol. The van der Waals surface area contributed by atoms with Gasteiger partial charge in [-0.15, -0.1) is 0 Å². The molecule has 0 aliphatic rings. The smallest absolute Gasteiger partial charge is 0.252 e. The summed E-state index contributed by atoms with van der Waals surface area (Å²) in [5, 5.41) is 2.85. The molecule has 1 rings (SSSR count). The summed E-state index contributed by atoms with van der Waals surface area (Å²) < 4.78 is 14.1. The van der Waals surface area contributed by atoms with Crippen LogP contribution in [0.4, 0.5) is 4.39 Å². The first-order valence-corrected chi connectivity index (χ1v) is 8.35. The standard InChI is InChI=1S/C14H15BrFN3O2S/c1-3-5-8(4-2)14(21)22-12-6-9(13(20)18-19-17)11(16)7-10(12)15/h6-8H,3-5H2,1-2H3. The second kappa shape index (κ2) is 8.92. The maximum Gasteiger partial charge on any atom is 0.252 e. The number of rotatable bonds is 6. The molecule has 0 bridgehead atoms. The van der Waals surface area contributed by atoms with Crippen molar-refractivity contribution in [2.24, 2.45) is 11.0 Å². The SMILES string of the molecule is CCCC(CC)C(=O)Sc1cc(C(=O)N=[N+]=[N-])c(F)cc1Br. The normalized spacial score (nSPS) is 11.6. The number of hydrogen-bond acceptors (Lipinski definition) is 3. The van der Waals surface area contributed by atoms with E-state index >= 15 is 0 Å². The van der Waals surface area contributed by atoms with Crippen molar-refractivity contribution in [1.29, 1.82) is 0 Å². The van der Waals surface area contributed by atoms with Crippen LogP contribution in [0.25, 0.3) is 10.4 Å². The van der Waals surface area contributed by atoms with Gasteiger partial charge in [0.2, 0.25) is 0 Å². The summed E-state index contributed by atoms with van der Waals surface area (Å²) in [5.74, 6) is -1.90. The summed E-state index contributed by atoms with van der Waals surface area (Å²) in [6.45, 7) is 3.94. The summed E-state index contributed by atoms with van der Waals surface area (Å²) in [6.07, 6.45) is 2.41. The van der Waals surface area contributed by atoms with Crippen LogP contribution in [0.15, 0.2) is 26.6 Å². The Labute approximate surface area is 140 Å². The first kappa shape index (κ1) is 18.7. The van der Waals surface area contributed by atoms with E-state index in [-0.39, 0.29) is 16.6 Å². The number of nitrogens with zero attached hydrogens (tertiary/aromatic N) is 3. The Balaban J connectivity index is 3.09. The van der Waals surface area contributed by atoms with Crippen LogP contribution in [0.1, 0.15) is 43.5 Å². The van der Waals surface area contributed by atoms with Crippen LogP contribution in [-0.4, -0.2) is 11.0 Å². The van der Waals surface area contributed by atoms with Gasteiger partial charge in [0.15, 0.2) is 5.12 Å². The van der Waals surface area contributed by atoms with Crippen molar-refractivity contribution in [2.45, 2.75) is 38.0 Å². The summed E-state index contributed by atoms with van der Waals surface area (Å²) in [5.41, 5.74) is 7.92. The number of carbonyl (C=O) groups is 2. The van der Waals surface area contributed by atoms with Crippen molar-refractivity contribution >= 4 is 38.7 Å². The zero-order valence-electron chi connectivity index (χ0n) is 12.2. The van der Waals surface area contributed by atoms with Gasteiger partial charge in [-0.25, -0.2) is 4.39 Å². The monoisotopic (exact) mass is 387 g/mol. The summed E-state index contributed by atoms with van der Waals surface area (Å²) in [6, 6.07) is 2.33. The van der Waals surface area contributed by atoms with Crippen LogP contribution in [0.3, 0.4) is 0 Å². The van der Waals surface area contributed by atoms with Gasteiger partial charge in [0.05, 0.1) is 5.56 Å². The second-order valence-electron chi connectivity index (χ2n) is 4.57. The molecule has 1 aromatic carbocycles. The molecule has 1 unspecified atom stereocenters. The first-order valence-electron chi connectivity index (χ1n) is 6.74. The van der Waals surface area contributed by atoms with Crippen LogP contribution in [-0.2, 0) is 4.79 Å². The molecule has 1 atom stereocenters. The van der Waals surface area contributed by atoms with Gasteiger partial charge in [-0.2, -0.15) is 0 Å². The fraction of sp³-hybridized carbons (Fsp3) is 0.429. The lowest BCUT2D eigenvalue weighted by Crippen LogP contribution is -2.10. The Bertz CT molecular complexity index is 633. The molecule has 0 aromatic heterocycles. The molecule has 118 valence electrons. The van der Waals surface area contributed by atoms with Gasteiger partial charge in [-0.3, -0.25) is 9.59 Å². The van der Waals surface area contributed by atoms with Gasteiger partial charge in [-0.05, 0) is 51.5 Å². The fourth-order valence-corrected chi connectivity index (χ4v) is 3.45. The second-order valence-corrected chi connectivity index (χ2v) is 6.47.